The Kier molecular flexibility index (Phi) is 6.51. The predicted octanol–water partition coefficient (Wildman–Crippen LogP) is 3.87. The van der Waals surface area contributed by atoms with Crippen molar-refractivity contribution in [2.24, 2.45) is 0 Å². The normalized spacial score (nSPS) is 13.7. The third-order valence-electron chi connectivity index (χ3n) is 6.22. The Morgan fingerprint density at radius 2 is 1.83 bits per heavy atom. The molecule has 4 aromatic rings. The Morgan fingerprint density at radius 3 is 2.56 bits per heavy atom. The third-order valence-corrected chi connectivity index (χ3v) is 6.50. The first kappa shape index (κ1) is 23.7. The second-order valence-corrected chi connectivity index (χ2v) is 8.74. The van der Waals surface area contributed by atoms with Gasteiger partial charge in [0.25, 0.3) is 0 Å². The van der Waals surface area contributed by atoms with Gasteiger partial charge in [-0.15, -0.1) is 0 Å². The monoisotopic (exact) mass is 507 g/mol. The Morgan fingerprint density at radius 1 is 1.03 bits per heavy atom. The van der Waals surface area contributed by atoms with Gasteiger partial charge in [0, 0.05) is 44.9 Å². The number of fused-ring (bicyclic) bond motifs is 1. The standard InChI is InChI=1S/C25H26ClN7O3/c1-16(34)31-8-10-32(11-9-31)17-4-6-20(22(12-17)36-3)29-25-28-13-19(26)24(30-25)21-14-27-23-7-5-18(35-2)15-33(21)23/h4-7,12-15H,8-11H2,1-3H3,(H,28,29,30). The van der Waals surface area contributed by atoms with E-state index in [9.17, 15) is 4.79 Å². The summed E-state index contributed by atoms with van der Waals surface area (Å²) in [4.78, 5) is 29.2. The van der Waals surface area contributed by atoms with E-state index in [-0.39, 0.29) is 5.91 Å². The molecule has 0 atom stereocenters. The number of imidazole rings is 1. The summed E-state index contributed by atoms with van der Waals surface area (Å²) in [5.74, 6) is 1.82. The number of piperazine rings is 1. The van der Waals surface area contributed by atoms with Crippen molar-refractivity contribution in [3.8, 4) is 22.9 Å². The van der Waals surface area contributed by atoms with E-state index in [4.69, 9.17) is 21.1 Å². The second kappa shape index (κ2) is 9.90. The molecule has 3 aromatic heterocycles. The predicted molar refractivity (Wildman–Crippen MR) is 139 cm³/mol. The molecule has 186 valence electrons. The van der Waals surface area contributed by atoms with Gasteiger partial charge in [-0.25, -0.2) is 15.0 Å². The van der Waals surface area contributed by atoms with E-state index in [1.165, 1.54) is 0 Å². The SMILES string of the molecule is COc1ccc2ncc(-c3nc(Nc4ccc(N5CCN(C(C)=O)CC5)cc4OC)ncc3Cl)n2c1. The molecule has 0 aliphatic carbocycles. The van der Waals surface area contributed by atoms with Gasteiger partial charge in [-0.3, -0.25) is 9.20 Å². The number of anilines is 3. The summed E-state index contributed by atoms with van der Waals surface area (Å²) in [6.45, 7) is 4.55. The molecule has 1 aliphatic rings. The highest BCUT2D eigenvalue weighted by molar-refractivity contribution is 6.32. The zero-order valence-corrected chi connectivity index (χ0v) is 21.0. The average Bonchev–Trinajstić information content (AvgIpc) is 3.33. The van der Waals surface area contributed by atoms with E-state index in [0.29, 0.717) is 46.9 Å². The molecule has 1 N–H and O–H groups in total. The fourth-order valence-corrected chi connectivity index (χ4v) is 4.43. The second-order valence-electron chi connectivity index (χ2n) is 8.33. The quantitative estimate of drug-likeness (QED) is 0.420. The summed E-state index contributed by atoms with van der Waals surface area (Å²) in [7, 11) is 3.24. The van der Waals surface area contributed by atoms with Crippen molar-refractivity contribution < 1.29 is 14.3 Å². The van der Waals surface area contributed by atoms with Gasteiger partial charge in [0.05, 0.1) is 49.2 Å². The molecule has 0 bridgehead atoms. The molecular formula is C25H26ClN7O3. The minimum Gasteiger partial charge on any atom is -0.495 e. The van der Waals surface area contributed by atoms with Gasteiger partial charge in [0.1, 0.15) is 22.8 Å². The number of amides is 1. The number of hydrogen-bond acceptors (Lipinski definition) is 8. The first-order valence-electron chi connectivity index (χ1n) is 11.5. The van der Waals surface area contributed by atoms with Crippen molar-refractivity contribution in [1.29, 1.82) is 0 Å². The Labute approximate surface area is 213 Å². The molecule has 1 aliphatic heterocycles. The number of carbonyl (C=O) groups is 1. The number of halogens is 1. The van der Waals surface area contributed by atoms with Gasteiger partial charge >= 0.3 is 0 Å². The van der Waals surface area contributed by atoms with Crippen LogP contribution in [0.3, 0.4) is 0 Å². The van der Waals surface area contributed by atoms with Crippen LogP contribution in [0.1, 0.15) is 6.92 Å². The lowest BCUT2D eigenvalue weighted by atomic mass is 10.2. The van der Waals surface area contributed by atoms with Gasteiger partial charge in [-0.1, -0.05) is 11.6 Å². The van der Waals surface area contributed by atoms with Crippen LogP contribution >= 0.6 is 11.6 Å². The highest BCUT2D eigenvalue weighted by Gasteiger charge is 2.20. The first-order valence-corrected chi connectivity index (χ1v) is 11.8. The molecule has 10 nitrogen and oxygen atoms in total. The van der Waals surface area contributed by atoms with Gasteiger partial charge in [-0.05, 0) is 24.3 Å². The van der Waals surface area contributed by atoms with Crippen LogP contribution in [0.4, 0.5) is 17.3 Å². The van der Waals surface area contributed by atoms with Gasteiger partial charge < -0.3 is 24.6 Å². The lowest BCUT2D eigenvalue weighted by molar-refractivity contribution is -0.129. The minimum absolute atomic E-state index is 0.108. The highest BCUT2D eigenvalue weighted by Crippen LogP contribution is 2.33. The molecular weight excluding hydrogens is 482 g/mol. The fourth-order valence-electron chi connectivity index (χ4n) is 4.24. The van der Waals surface area contributed by atoms with Crippen molar-refractivity contribution in [2.75, 3.05) is 50.6 Å². The molecule has 11 heteroatoms. The summed E-state index contributed by atoms with van der Waals surface area (Å²) >= 11 is 6.48. The molecule has 1 fully saturated rings. The van der Waals surface area contributed by atoms with E-state index in [2.05, 4.69) is 25.2 Å². The summed E-state index contributed by atoms with van der Waals surface area (Å²) < 4.78 is 12.9. The minimum atomic E-state index is 0.108. The van der Waals surface area contributed by atoms with Crippen LogP contribution < -0.4 is 19.7 Å². The van der Waals surface area contributed by atoms with E-state index in [1.54, 1.807) is 33.5 Å². The maximum Gasteiger partial charge on any atom is 0.227 e. The molecule has 0 saturated carbocycles. The fraction of sp³-hybridized carbons (Fsp3) is 0.280. The zero-order valence-electron chi connectivity index (χ0n) is 20.2. The number of nitrogens with one attached hydrogen (secondary N) is 1. The molecule has 1 aromatic carbocycles. The zero-order chi connectivity index (χ0) is 25.2. The van der Waals surface area contributed by atoms with Crippen molar-refractivity contribution in [1.82, 2.24) is 24.3 Å². The summed E-state index contributed by atoms with van der Waals surface area (Å²) in [5, 5.41) is 3.64. The smallest absolute Gasteiger partial charge is 0.227 e. The van der Waals surface area contributed by atoms with Gasteiger partial charge in [-0.2, -0.15) is 0 Å². The first-order chi connectivity index (χ1) is 17.5. The maximum atomic E-state index is 11.6. The van der Waals surface area contributed by atoms with Crippen LogP contribution in [0.5, 0.6) is 11.5 Å². The largest absolute Gasteiger partial charge is 0.495 e. The number of benzene rings is 1. The van der Waals surface area contributed by atoms with Crippen molar-refractivity contribution in [3.05, 3.63) is 53.9 Å². The van der Waals surface area contributed by atoms with Crippen LogP contribution in [0, 0.1) is 0 Å². The lowest BCUT2D eigenvalue weighted by Gasteiger charge is -2.35. The topological polar surface area (TPSA) is 97.1 Å². The number of hydrogen-bond donors (Lipinski definition) is 1. The molecule has 1 saturated heterocycles. The highest BCUT2D eigenvalue weighted by atomic mass is 35.5. The Balaban J connectivity index is 1.40. The van der Waals surface area contributed by atoms with E-state index in [0.717, 1.165) is 30.1 Å². The van der Waals surface area contributed by atoms with E-state index >= 15 is 0 Å². The van der Waals surface area contributed by atoms with E-state index < -0.39 is 0 Å². The Hall–Kier alpha value is -4.05. The number of aromatic nitrogens is 4. The number of carbonyl (C=O) groups excluding carboxylic acids is 1. The van der Waals surface area contributed by atoms with Crippen molar-refractivity contribution in [3.63, 3.8) is 0 Å². The van der Waals surface area contributed by atoms with Crippen molar-refractivity contribution >= 4 is 40.5 Å². The molecule has 0 spiro atoms. The maximum absolute atomic E-state index is 11.6. The molecule has 0 radical (unpaired) electrons. The summed E-state index contributed by atoms with van der Waals surface area (Å²) in [6.07, 6.45) is 5.11. The number of pyridine rings is 1. The van der Waals surface area contributed by atoms with Gasteiger partial charge in [0.2, 0.25) is 11.9 Å². The number of ether oxygens (including phenoxy) is 2. The Bertz CT molecular complexity index is 1420. The van der Waals surface area contributed by atoms with Crippen LogP contribution in [0.15, 0.2) is 48.9 Å². The number of nitrogens with zero attached hydrogens (tertiary/aromatic N) is 6. The van der Waals surface area contributed by atoms with E-state index in [1.807, 2.05) is 45.8 Å². The molecule has 36 heavy (non-hydrogen) atoms. The number of rotatable bonds is 6. The van der Waals surface area contributed by atoms with Crippen LogP contribution in [0.25, 0.3) is 17.0 Å². The average molecular weight is 508 g/mol. The molecule has 1 amide bonds. The molecule has 5 rings (SSSR count). The number of methoxy groups -OCH3 is 2. The lowest BCUT2D eigenvalue weighted by Crippen LogP contribution is -2.48. The van der Waals surface area contributed by atoms with Crippen molar-refractivity contribution in [2.45, 2.75) is 6.92 Å². The third kappa shape index (κ3) is 4.59. The summed E-state index contributed by atoms with van der Waals surface area (Å²) in [6, 6.07) is 9.63. The molecule has 4 heterocycles. The molecule has 0 unspecified atom stereocenters. The van der Waals surface area contributed by atoms with Gasteiger partial charge in [0.15, 0.2) is 0 Å². The van der Waals surface area contributed by atoms with Crippen LogP contribution in [0.2, 0.25) is 5.02 Å². The summed E-state index contributed by atoms with van der Waals surface area (Å²) in [5.41, 5.74) is 3.74. The van der Waals surface area contributed by atoms with Crippen LogP contribution in [-0.2, 0) is 4.79 Å². The van der Waals surface area contributed by atoms with Crippen LogP contribution in [-0.4, -0.2) is 70.6 Å².